The Bertz CT molecular complexity index is 1130. The summed E-state index contributed by atoms with van der Waals surface area (Å²) in [6.45, 7) is 1.17. The van der Waals surface area contributed by atoms with Crippen LogP contribution in [0.1, 0.15) is 11.1 Å². The molecule has 32 heavy (non-hydrogen) atoms. The monoisotopic (exact) mass is 448 g/mol. The number of methoxy groups -OCH3 is 1. The molecule has 0 aliphatic rings. The molecule has 0 saturated heterocycles. The number of aryl methyl sites for hydroxylation is 1. The van der Waals surface area contributed by atoms with Crippen LogP contribution < -0.4 is 15.4 Å². The maximum Gasteiger partial charge on any atom is 0.416 e. The lowest BCUT2D eigenvalue weighted by molar-refractivity contribution is -0.137. The lowest BCUT2D eigenvalue weighted by Gasteiger charge is -2.11. The van der Waals surface area contributed by atoms with E-state index in [2.05, 4.69) is 26.0 Å². The zero-order valence-electron chi connectivity index (χ0n) is 17.1. The SMILES string of the molecule is COc1ccc(C)cc1NC(=O)CNC(=O)Cn1nnc(-c2cccc(C(F)(F)F)c2)n1. The number of halogens is 3. The number of tetrazole rings is 1. The van der Waals surface area contributed by atoms with Crippen LogP contribution in [-0.2, 0) is 22.3 Å². The van der Waals surface area contributed by atoms with Crippen molar-refractivity contribution in [2.75, 3.05) is 19.0 Å². The summed E-state index contributed by atoms with van der Waals surface area (Å²) in [4.78, 5) is 25.1. The zero-order chi connectivity index (χ0) is 23.3. The number of benzene rings is 2. The summed E-state index contributed by atoms with van der Waals surface area (Å²) in [5, 5.41) is 16.3. The molecule has 1 heterocycles. The highest BCUT2D eigenvalue weighted by atomic mass is 19.4. The van der Waals surface area contributed by atoms with Gasteiger partial charge in [-0.3, -0.25) is 9.59 Å². The second-order valence-electron chi connectivity index (χ2n) is 6.75. The van der Waals surface area contributed by atoms with Crippen molar-refractivity contribution >= 4 is 17.5 Å². The number of alkyl halides is 3. The normalized spacial score (nSPS) is 11.2. The Balaban J connectivity index is 1.56. The number of hydrogen-bond donors (Lipinski definition) is 2. The van der Waals surface area contributed by atoms with E-state index in [0.29, 0.717) is 11.4 Å². The van der Waals surface area contributed by atoms with Crippen LogP contribution >= 0.6 is 0 Å². The Morgan fingerprint density at radius 2 is 1.91 bits per heavy atom. The van der Waals surface area contributed by atoms with Crippen LogP contribution in [0, 0.1) is 6.92 Å². The lowest BCUT2D eigenvalue weighted by Crippen LogP contribution is -2.35. The first-order chi connectivity index (χ1) is 15.2. The number of nitrogens with zero attached hydrogens (tertiary/aromatic N) is 4. The molecule has 2 N–H and O–H groups in total. The number of carbonyl (C=O) groups is 2. The van der Waals surface area contributed by atoms with E-state index in [0.717, 1.165) is 22.5 Å². The van der Waals surface area contributed by atoms with Crippen LogP contribution in [0.4, 0.5) is 18.9 Å². The maximum atomic E-state index is 12.9. The molecule has 0 saturated carbocycles. The van der Waals surface area contributed by atoms with E-state index in [1.807, 2.05) is 13.0 Å². The molecule has 0 aliphatic carbocycles. The molecule has 0 spiro atoms. The summed E-state index contributed by atoms with van der Waals surface area (Å²) < 4.78 is 43.7. The average Bonchev–Trinajstić information content (AvgIpc) is 3.20. The number of nitrogens with one attached hydrogen (secondary N) is 2. The van der Waals surface area contributed by atoms with Crippen LogP contribution in [0.25, 0.3) is 11.4 Å². The summed E-state index contributed by atoms with van der Waals surface area (Å²) in [7, 11) is 1.47. The highest BCUT2D eigenvalue weighted by molar-refractivity contribution is 5.95. The number of hydrogen-bond acceptors (Lipinski definition) is 6. The minimum Gasteiger partial charge on any atom is -0.495 e. The fourth-order valence-corrected chi connectivity index (χ4v) is 2.74. The van der Waals surface area contributed by atoms with E-state index in [1.165, 1.54) is 19.2 Å². The molecular weight excluding hydrogens is 429 g/mol. The van der Waals surface area contributed by atoms with Crippen molar-refractivity contribution in [2.45, 2.75) is 19.6 Å². The van der Waals surface area contributed by atoms with E-state index < -0.39 is 23.6 Å². The molecule has 3 aromatic rings. The van der Waals surface area contributed by atoms with Gasteiger partial charge in [0, 0.05) is 5.56 Å². The van der Waals surface area contributed by atoms with Gasteiger partial charge in [0.2, 0.25) is 17.6 Å². The summed E-state index contributed by atoms with van der Waals surface area (Å²) >= 11 is 0. The summed E-state index contributed by atoms with van der Waals surface area (Å²) in [5.41, 5.74) is 0.646. The van der Waals surface area contributed by atoms with E-state index >= 15 is 0 Å². The van der Waals surface area contributed by atoms with Gasteiger partial charge in [-0.2, -0.15) is 18.0 Å². The van der Waals surface area contributed by atoms with Gasteiger partial charge < -0.3 is 15.4 Å². The largest absolute Gasteiger partial charge is 0.495 e. The van der Waals surface area contributed by atoms with Crippen molar-refractivity contribution < 1.29 is 27.5 Å². The third-order valence-electron chi connectivity index (χ3n) is 4.26. The molecular formula is C20H19F3N6O3. The van der Waals surface area contributed by atoms with Gasteiger partial charge >= 0.3 is 6.18 Å². The zero-order valence-corrected chi connectivity index (χ0v) is 17.1. The number of ether oxygens (including phenoxy) is 1. The van der Waals surface area contributed by atoms with Gasteiger partial charge in [0.15, 0.2) is 0 Å². The first kappa shape index (κ1) is 22.7. The first-order valence-electron chi connectivity index (χ1n) is 9.32. The third-order valence-corrected chi connectivity index (χ3v) is 4.26. The van der Waals surface area contributed by atoms with E-state index in [-0.39, 0.29) is 24.5 Å². The lowest BCUT2D eigenvalue weighted by atomic mass is 10.1. The molecule has 0 unspecified atom stereocenters. The summed E-state index contributed by atoms with van der Waals surface area (Å²) in [6.07, 6.45) is -4.51. The van der Waals surface area contributed by atoms with Gasteiger partial charge in [0.1, 0.15) is 12.3 Å². The third kappa shape index (κ3) is 5.80. The van der Waals surface area contributed by atoms with Crippen LogP contribution in [0.15, 0.2) is 42.5 Å². The van der Waals surface area contributed by atoms with Crippen molar-refractivity contribution in [2.24, 2.45) is 0 Å². The average molecular weight is 448 g/mol. The molecule has 2 amide bonds. The predicted octanol–water partition coefficient (Wildman–Crippen LogP) is 2.43. The van der Waals surface area contributed by atoms with E-state index in [1.54, 1.807) is 12.1 Å². The molecule has 0 bridgehead atoms. The van der Waals surface area contributed by atoms with Gasteiger partial charge in [0.05, 0.1) is 24.9 Å². The molecule has 168 valence electrons. The van der Waals surface area contributed by atoms with Crippen molar-refractivity contribution in [1.82, 2.24) is 25.5 Å². The van der Waals surface area contributed by atoms with E-state index in [4.69, 9.17) is 4.74 Å². The molecule has 1 aromatic heterocycles. The van der Waals surface area contributed by atoms with Crippen LogP contribution in [0.3, 0.4) is 0 Å². The molecule has 0 fully saturated rings. The fourth-order valence-electron chi connectivity index (χ4n) is 2.74. The second-order valence-corrected chi connectivity index (χ2v) is 6.75. The Morgan fingerprint density at radius 3 is 2.62 bits per heavy atom. The highest BCUT2D eigenvalue weighted by Gasteiger charge is 2.30. The molecule has 0 radical (unpaired) electrons. The maximum absolute atomic E-state index is 12.9. The number of carbonyl (C=O) groups excluding carboxylic acids is 2. The van der Waals surface area contributed by atoms with Crippen LogP contribution in [-0.4, -0.2) is 45.7 Å². The predicted molar refractivity (Wildman–Crippen MR) is 108 cm³/mol. The minimum absolute atomic E-state index is 0.0619. The van der Waals surface area contributed by atoms with Gasteiger partial charge in [-0.25, -0.2) is 0 Å². The van der Waals surface area contributed by atoms with Gasteiger partial charge in [-0.05, 0) is 42.0 Å². The molecule has 0 aliphatic heterocycles. The molecule has 12 heteroatoms. The topological polar surface area (TPSA) is 111 Å². The summed E-state index contributed by atoms with van der Waals surface area (Å²) in [5.74, 6) is -0.639. The minimum atomic E-state index is -4.51. The number of rotatable bonds is 7. The highest BCUT2D eigenvalue weighted by Crippen LogP contribution is 2.31. The van der Waals surface area contributed by atoms with Crippen molar-refractivity contribution in [3.8, 4) is 17.1 Å². The Morgan fingerprint density at radius 1 is 1.12 bits per heavy atom. The molecule has 3 rings (SSSR count). The van der Waals surface area contributed by atoms with E-state index in [9.17, 15) is 22.8 Å². The van der Waals surface area contributed by atoms with Crippen LogP contribution in [0.5, 0.6) is 5.75 Å². The first-order valence-corrected chi connectivity index (χ1v) is 9.32. The standard InChI is InChI=1S/C20H19F3N6O3/c1-12-6-7-16(32-2)15(8-12)25-17(30)10-24-18(31)11-29-27-19(26-28-29)13-4-3-5-14(9-13)20(21,22)23/h3-9H,10-11H2,1-2H3,(H,24,31)(H,25,30). The second kappa shape index (κ2) is 9.45. The van der Waals surface area contributed by atoms with Gasteiger partial charge in [0.25, 0.3) is 0 Å². The number of amides is 2. The Hall–Kier alpha value is -3.96. The smallest absolute Gasteiger partial charge is 0.416 e. The van der Waals surface area contributed by atoms with Gasteiger partial charge in [-0.15, -0.1) is 10.2 Å². The van der Waals surface area contributed by atoms with Gasteiger partial charge in [-0.1, -0.05) is 18.2 Å². The fraction of sp³-hybridized carbons (Fsp3) is 0.250. The number of anilines is 1. The Kier molecular flexibility index (Phi) is 6.71. The molecule has 2 aromatic carbocycles. The summed E-state index contributed by atoms with van der Waals surface area (Å²) in [6, 6.07) is 9.72. The number of aromatic nitrogens is 4. The molecule has 0 atom stereocenters. The van der Waals surface area contributed by atoms with Crippen molar-refractivity contribution in [3.63, 3.8) is 0 Å². The van der Waals surface area contributed by atoms with Crippen LogP contribution in [0.2, 0.25) is 0 Å². The molecule has 9 nitrogen and oxygen atoms in total. The quantitative estimate of drug-likeness (QED) is 0.574. The Labute approximate surface area is 180 Å². The van der Waals surface area contributed by atoms with Crippen molar-refractivity contribution in [1.29, 1.82) is 0 Å². The van der Waals surface area contributed by atoms with Crippen molar-refractivity contribution in [3.05, 3.63) is 53.6 Å².